The van der Waals surface area contributed by atoms with E-state index in [0.717, 1.165) is 17.0 Å². The number of aryl methyl sites for hydroxylation is 2. The van der Waals surface area contributed by atoms with Crippen LogP contribution in [0.15, 0.2) is 6.08 Å². The van der Waals surface area contributed by atoms with Crippen LogP contribution < -0.4 is 11.1 Å². The van der Waals surface area contributed by atoms with Crippen molar-refractivity contribution >= 4 is 17.9 Å². The van der Waals surface area contributed by atoms with E-state index in [1.807, 2.05) is 20.9 Å². The topological polar surface area (TPSA) is 90.0 Å². The summed E-state index contributed by atoms with van der Waals surface area (Å²) < 4.78 is 1.75. The molecular formula is C11H16N4O2. The zero-order chi connectivity index (χ0) is 13.0. The Balaban J connectivity index is 2.70. The van der Waals surface area contributed by atoms with Crippen LogP contribution in [-0.4, -0.2) is 28.1 Å². The van der Waals surface area contributed by atoms with Crippen LogP contribution in [0.2, 0.25) is 0 Å². The Morgan fingerprint density at radius 2 is 2.12 bits per heavy atom. The summed E-state index contributed by atoms with van der Waals surface area (Å²) in [5, 5.41) is 6.59. The standard InChI is InChI=1S/C11H16N4O2/c1-7-9(8(2)15(3)14-7)4-5-11(17)13-6-10(12)16/h4-5H,6H2,1-3H3,(H2,12,16)(H,13,17)/b5-4+. The quantitative estimate of drug-likeness (QED) is 0.700. The average Bonchev–Trinajstić information content (AvgIpc) is 2.48. The summed E-state index contributed by atoms with van der Waals surface area (Å²) in [5.74, 6) is -0.924. The van der Waals surface area contributed by atoms with E-state index in [9.17, 15) is 9.59 Å². The van der Waals surface area contributed by atoms with Crippen molar-refractivity contribution in [2.75, 3.05) is 6.54 Å². The Kier molecular flexibility index (Phi) is 4.03. The molecule has 17 heavy (non-hydrogen) atoms. The molecule has 2 amide bonds. The lowest BCUT2D eigenvalue weighted by Crippen LogP contribution is -2.32. The second-order valence-corrected chi connectivity index (χ2v) is 3.73. The number of carbonyl (C=O) groups is 2. The second-order valence-electron chi connectivity index (χ2n) is 3.73. The van der Waals surface area contributed by atoms with E-state index in [0.29, 0.717) is 0 Å². The van der Waals surface area contributed by atoms with Crippen molar-refractivity contribution < 1.29 is 9.59 Å². The summed E-state index contributed by atoms with van der Waals surface area (Å²) >= 11 is 0. The van der Waals surface area contributed by atoms with Crippen LogP contribution in [0.1, 0.15) is 17.0 Å². The van der Waals surface area contributed by atoms with Crippen molar-refractivity contribution in [3.8, 4) is 0 Å². The van der Waals surface area contributed by atoms with Crippen molar-refractivity contribution in [2.24, 2.45) is 12.8 Å². The van der Waals surface area contributed by atoms with Gasteiger partial charge in [-0.3, -0.25) is 14.3 Å². The molecule has 6 heteroatoms. The highest BCUT2D eigenvalue weighted by Gasteiger charge is 2.06. The van der Waals surface area contributed by atoms with Crippen molar-refractivity contribution in [2.45, 2.75) is 13.8 Å². The fraction of sp³-hybridized carbons (Fsp3) is 0.364. The number of amides is 2. The molecule has 0 aliphatic rings. The maximum Gasteiger partial charge on any atom is 0.244 e. The van der Waals surface area contributed by atoms with Gasteiger partial charge in [-0.05, 0) is 19.9 Å². The molecule has 3 N–H and O–H groups in total. The molecule has 6 nitrogen and oxygen atoms in total. The number of nitrogens with one attached hydrogen (secondary N) is 1. The summed E-state index contributed by atoms with van der Waals surface area (Å²) in [6, 6.07) is 0. The number of rotatable bonds is 4. The van der Waals surface area contributed by atoms with E-state index >= 15 is 0 Å². The Labute approximate surface area is 99.5 Å². The van der Waals surface area contributed by atoms with Gasteiger partial charge in [0.1, 0.15) is 0 Å². The molecule has 0 atom stereocenters. The van der Waals surface area contributed by atoms with Gasteiger partial charge in [-0.2, -0.15) is 5.10 Å². The molecule has 0 spiro atoms. The van der Waals surface area contributed by atoms with E-state index in [1.54, 1.807) is 10.8 Å². The summed E-state index contributed by atoms with van der Waals surface area (Å²) in [4.78, 5) is 21.8. The minimum atomic E-state index is -0.569. The van der Waals surface area contributed by atoms with Gasteiger partial charge in [0.25, 0.3) is 0 Å². The molecular weight excluding hydrogens is 220 g/mol. The first-order chi connectivity index (χ1) is 7.91. The number of nitrogens with zero attached hydrogens (tertiary/aromatic N) is 2. The largest absolute Gasteiger partial charge is 0.368 e. The lowest BCUT2D eigenvalue weighted by Gasteiger charge is -1.97. The van der Waals surface area contributed by atoms with E-state index in [-0.39, 0.29) is 12.5 Å². The molecule has 0 unspecified atom stereocenters. The van der Waals surface area contributed by atoms with E-state index in [4.69, 9.17) is 5.73 Å². The number of carbonyl (C=O) groups excluding carboxylic acids is 2. The first-order valence-corrected chi connectivity index (χ1v) is 5.16. The van der Waals surface area contributed by atoms with Gasteiger partial charge in [0.05, 0.1) is 12.2 Å². The van der Waals surface area contributed by atoms with Gasteiger partial charge in [0.2, 0.25) is 11.8 Å². The van der Waals surface area contributed by atoms with E-state index < -0.39 is 5.91 Å². The summed E-state index contributed by atoms with van der Waals surface area (Å²) in [6.07, 6.45) is 3.04. The van der Waals surface area contributed by atoms with Crippen LogP contribution in [0.4, 0.5) is 0 Å². The highest BCUT2D eigenvalue weighted by atomic mass is 16.2. The predicted octanol–water partition coefficient (Wildman–Crippen LogP) is -0.348. The molecule has 1 heterocycles. The summed E-state index contributed by atoms with van der Waals surface area (Å²) in [6.45, 7) is 3.63. The van der Waals surface area contributed by atoms with E-state index in [1.165, 1.54) is 6.08 Å². The molecule has 1 aromatic heterocycles. The van der Waals surface area contributed by atoms with Gasteiger partial charge in [-0.15, -0.1) is 0 Å². The maximum atomic E-state index is 11.3. The third-order valence-corrected chi connectivity index (χ3v) is 2.40. The van der Waals surface area contributed by atoms with Crippen LogP contribution in [0.5, 0.6) is 0 Å². The minimum Gasteiger partial charge on any atom is -0.368 e. The first-order valence-electron chi connectivity index (χ1n) is 5.16. The fourth-order valence-corrected chi connectivity index (χ4v) is 1.42. The third-order valence-electron chi connectivity index (χ3n) is 2.40. The molecule has 0 saturated carbocycles. The Morgan fingerprint density at radius 1 is 1.47 bits per heavy atom. The van der Waals surface area contributed by atoms with Crippen LogP contribution in [0.3, 0.4) is 0 Å². The zero-order valence-electron chi connectivity index (χ0n) is 10.2. The molecule has 0 bridgehead atoms. The lowest BCUT2D eigenvalue weighted by atomic mass is 10.2. The Hall–Kier alpha value is -2.11. The molecule has 0 aliphatic heterocycles. The van der Waals surface area contributed by atoms with Gasteiger partial charge in [0, 0.05) is 24.4 Å². The van der Waals surface area contributed by atoms with Gasteiger partial charge < -0.3 is 11.1 Å². The molecule has 92 valence electrons. The number of aromatic nitrogens is 2. The predicted molar refractivity (Wildman–Crippen MR) is 63.9 cm³/mol. The molecule has 1 aromatic rings. The first kappa shape index (κ1) is 13.0. The molecule has 0 fully saturated rings. The molecule has 0 aromatic carbocycles. The molecule has 0 radical (unpaired) electrons. The Morgan fingerprint density at radius 3 is 2.59 bits per heavy atom. The normalized spacial score (nSPS) is 10.8. The summed E-state index contributed by atoms with van der Waals surface area (Å²) in [5.41, 5.74) is 7.64. The highest BCUT2D eigenvalue weighted by Crippen LogP contribution is 2.13. The Bertz CT molecular complexity index is 474. The second kappa shape index (κ2) is 5.29. The van der Waals surface area contributed by atoms with Crippen molar-refractivity contribution in [1.82, 2.24) is 15.1 Å². The number of primary amides is 1. The third kappa shape index (κ3) is 3.44. The van der Waals surface area contributed by atoms with Crippen LogP contribution in [-0.2, 0) is 16.6 Å². The molecule has 0 aliphatic carbocycles. The maximum absolute atomic E-state index is 11.3. The fourth-order valence-electron chi connectivity index (χ4n) is 1.42. The number of hydrogen-bond acceptors (Lipinski definition) is 3. The zero-order valence-corrected chi connectivity index (χ0v) is 10.2. The van der Waals surface area contributed by atoms with Crippen molar-refractivity contribution in [3.05, 3.63) is 23.0 Å². The van der Waals surface area contributed by atoms with Gasteiger partial charge in [-0.25, -0.2) is 0 Å². The lowest BCUT2D eigenvalue weighted by molar-refractivity contribution is -0.122. The van der Waals surface area contributed by atoms with Crippen molar-refractivity contribution in [1.29, 1.82) is 0 Å². The van der Waals surface area contributed by atoms with Crippen molar-refractivity contribution in [3.63, 3.8) is 0 Å². The van der Waals surface area contributed by atoms with Crippen LogP contribution in [0, 0.1) is 13.8 Å². The summed E-state index contributed by atoms with van der Waals surface area (Å²) in [7, 11) is 1.84. The van der Waals surface area contributed by atoms with Gasteiger partial charge in [0.15, 0.2) is 0 Å². The van der Waals surface area contributed by atoms with Gasteiger partial charge >= 0.3 is 0 Å². The monoisotopic (exact) mass is 236 g/mol. The average molecular weight is 236 g/mol. The number of hydrogen-bond donors (Lipinski definition) is 2. The van der Waals surface area contributed by atoms with Crippen LogP contribution in [0.25, 0.3) is 6.08 Å². The SMILES string of the molecule is Cc1nn(C)c(C)c1/C=C/C(=O)NCC(N)=O. The minimum absolute atomic E-state index is 0.159. The van der Waals surface area contributed by atoms with E-state index in [2.05, 4.69) is 10.4 Å². The highest BCUT2D eigenvalue weighted by molar-refractivity contribution is 5.94. The number of nitrogens with two attached hydrogens (primary N) is 1. The molecule has 0 saturated heterocycles. The smallest absolute Gasteiger partial charge is 0.244 e. The van der Waals surface area contributed by atoms with Gasteiger partial charge in [-0.1, -0.05) is 0 Å². The molecule has 1 rings (SSSR count). The van der Waals surface area contributed by atoms with Crippen LogP contribution >= 0.6 is 0 Å².